The van der Waals surface area contributed by atoms with E-state index in [4.69, 9.17) is 20.3 Å². The molecule has 164 valence electrons. The maximum Gasteiger partial charge on any atom is 0.227 e. The molecule has 2 aromatic heterocycles. The number of hydrogen-bond donors (Lipinski definition) is 2. The quantitative estimate of drug-likeness (QED) is 0.324. The second kappa shape index (κ2) is 11.0. The normalized spacial score (nSPS) is 10.2. The smallest absolute Gasteiger partial charge is 0.227 e. The predicted octanol–water partition coefficient (Wildman–Crippen LogP) is 4.11. The molecule has 0 aliphatic carbocycles. The number of benzene rings is 2. The van der Waals surface area contributed by atoms with E-state index in [1.165, 1.54) is 18.0 Å². The summed E-state index contributed by atoms with van der Waals surface area (Å²) in [5.41, 5.74) is 8.16. The Labute approximate surface area is 189 Å². The van der Waals surface area contributed by atoms with Gasteiger partial charge in [0.2, 0.25) is 11.7 Å². The number of nitrogens with zero attached hydrogens (tertiary/aromatic N) is 3. The van der Waals surface area contributed by atoms with Gasteiger partial charge >= 0.3 is 0 Å². The minimum atomic E-state index is -0.400. The summed E-state index contributed by atoms with van der Waals surface area (Å²) < 4.78 is 12.2. The van der Waals surface area contributed by atoms with Crippen LogP contribution in [0.1, 0.15) is 11.1 Å². The van der Waals surface area contributed by atoms with E-state index in [1.807, 2.05) is 66.1 Å². The van der Waals surface area contributed by atoms with E-state index in [1.54, 1.807) is 19.4 Å². The third kappa shape index (κ3) is 5.86. The maximum atomic E-state index is 11.0. The van der Waals surface area contributed by atoms with Crippen molar-refractivity contribution in [1.29, 1.82) is 5.41 Å². The van der Waals surface area contributed by atoms with E-state index in [9.17, 15) is 4.79 Å². The fourth-order valence-corrected chi connectivity index (χ4v) is 3.38. The van der Waals surface area contributed by atoms with Crippen molar-refractivity contribution in [1.82, 2.24) is 14.8 Å². The third-order valence-electron chi connectivity index (χ3n) is 4.29. The van der Waals surface area contributed by atoms with Crippen LogP contribution in [0.4, 0.5) is 0 Å². The Hall–Kier alpha value is -3.85. The highest BCUT2D eigenvalue weighted by Gasteiger charge is 2.18. The zero-order valence-electron chi connectivity index (χ0n) is 17.7. The van der Waals surface area contributed by atoms with Gasteiger partial charge in [-0.2, -0.15) is 0 Å². The summed E-state index contributed by atoms with van der Waals surface area (Å²) >= 11 is 1.25. The van der Waals surface area contributed by atoms with Crippen LogP contribution in [0.15, 0.2) is 76.5 Å². The lowest BCUT2D eigenvalue weighted by molar-refractivity contribution is -0.115. The molecule has 32 heavy (non-hydrogen) atoms. The lowest BCUT2D eigenvalue weighted by atomic mass is 10.2. The third-order valence-corrected chi connectivity index (χ3v) is 5.24. The van der Waals surface area contributed by atoms with Gasteiger partial charge in [-0.25, -0.2) is 0 Å². The fourth-order valence-electron chi connectivity index (χ4n) is 2.69. The van der Waals surface area contributed by atoms with Gasteiger partial charge in [0, 0.05) is 11.9 Å². The number of aromatic nitrogens is 3. The number of aryl methyl sites for hydroxylation is 1. The van der Waals surface area contributed by atoms with Crippen LogP contribution >= 0.6 is 11.8 Å². The highest BCUT2D eigenvalue weighted by Crippen LogP contribution is 2.28. The summed E-state index contributed by atoms with van der Waals surface area (Å²) in [6.07, 6.45) is 2.89. The first-order chi connectivity index (χ1) is 15.5. The van der Waals surface area contributed by atoms with Crippen molar-refractivity contribution in [2.75, 3.05) is 12.9 Å². The van der Waals surface area contributed by atoms with Crippen molar-refractivity contribution in [3.05, 3.63) is 78.1 Å². The Morgan fingerprint density at radius 2 is 1.88 bits per heavy atom. The van der Waals surface area contributed by atoms with Gasteiger partial charge in [-0.3, -0.25) is 9.36 Å². The van der Waals surface area contributed by atoms with E-state index in [0.717, 1.165) is 22.6 Å². The number of rotatable bonds is 7. The molecule has 0 fully saturated rings. The van der Waals surface area contributed by atoms with Crippen LogP contribution in [0, 0.1) is 12.3 Å². The molecule has 0 spiro atoms. The molecular formula is C23H23N5O3S. The first-order valence-electron chi connectivity index (χ1n) is 9.63. The number of methoxy groups -OCH3 is 1. The van der Waals surface area contributed by atoms with E-state index in [0.29, 0.717) is 16.7 Å². The van der Waals surface area contributed by atoms with Crippen molar-refractivity contribution in [3.63, 3.8) is 0 Å². The molecule has 0 bridgehead atoms. The Morgan fingerprint density at radius 3 is 2.44 bits per heavy atom. The molecule has 0 unspecified atom stereocenters. The number of ether oxygens (including phenoxy) is 1. The van der Waals surface area contributed by atoms with Crippen molar-refractivity contribution >= 4 is 23.9 Å². The summed E-state index contributed by atoms with van der Waals surface area (Å²) in [6, 6.07) is 18.9. The van der Waals surface area contributed by atoms with Gasteiger partial charge in [0.25, 0.3) is 0 Å². The monoisotopic (exact) mass is 449 g/mol. The van der Waals surface area contributed by atoms with E-state index in [2.05, 4.69) is 10.2 Å². The molecule has 0 atom stereocenters. The minimum absolute atomic E-state index is 0.141. The Morgan fingerprint density at radius 1 is 1.16 bits per heavy atom. The Kier molecular flexibility index (Phi) is 7.82. The fraction of sp³-hybridized carbons (Fsp3) is 0.130. The molecule has 4 aromatic rings. The van der Waals surface area contributed by atoms with Gasteiger partial charge in [0.15, 0.2) is 10.9 Å². The van der Waals surface area contributed by atoms with Crippen molar-refractivity contribution in [3.8, 4) is 23.0 Å². The molecule has 8 nitrogen and oxygen atoms in total. The van der Waals surface area contributed by atoms with Crippen molar-refractivity contribution < 1.29 is 13.9 Å². The number of nitrogens with two attached hydrogens (primary N) is 1. The Bertz CT molecular complexity index is 1150. The standard InChI is InChI=1S/C15H14N4O2S.C8H9NO/c1-10-4-6-11(7-5-10)19-14(12-3-2-8-21-12)17-18-15(19)22-9-13(16)20;1-10-8-4-2-7(6-9)3-5-8/h2-8H,9H2,1H3,(H2,16,20);2-6,9H,1H3. The van der Waals surface area contributed by atoms with Crippen molar-refractivity contribution in [2.45, 2.75) is 12.1 Å². The molecule has 0 aliphatic heterocycles. The molecule has 2 heterocycles. The van der Waals surface area contributed by atoms with Crippen LogP contribution in [0.5, 0.6) is 5.75 Å². The van der Waals surface area contributed by atoms with Gasteiger partial charge in [0.1, 0.15) is 5.75 Å². The zero-order valence-corrected chi connectivity index (χ0v) is 18.5. The summed E-state index contributed by atoms with van der Waals surface area (Å²) in [5.74, 6) is 1.76. The molecule has 9 heteroatoms. The van der Waals surface area contributed by atoms with Gasteiger partial charge in [0.05, 0.1) is 19.1 Å². The van der Waals surface area contributed by atoms with E-state index < -0.39 is 5.91 Å². The van der Waals surface area contributed by atoms with Gasteiger partial charge in [-0.15, -0.1) is 10.2 Å². The summed E-state index contributed by atoms with van der Waals surface area (Å²) in [5, 5.41) is 15.8. The molecule has 0 aliphatic rings. The second-order valence-corrected chi connectivity index (χ2v) is 7.57. The number of primary amides is 1. The highest BCUT2D eigenvalue weighted by atomic mass is 32.2. The summed E-state index contributed by atoms with van der Waals surface area (Å²) in [7, 11) is 1.62. The lowest BCUT2D eigenvalue weighted by Crippen LogP contribution is -2.13. The second-order valence-electron chi connectivity index (χ2n) is 6.63. The molecule has 1 amide bonds. The number of carbonyl (C=O) groups is 1. The van der Waals surface area contributed by atoms with E-state index in [-0.39, 0.29) is 5.75 Å². The average Bonchev–Trinajstić information content (AvgIpc) is 3.48. The van der Waals surface area contributed by atoms with Crippen LogP contribution in [0.2, 0.25) is 0 Å². The van der Waals surface area contributed by atoms with Gasteiger partial charge in [-0.1, -0.05) is 29.5 Å². The first kappa shape index (κ1) is 22.8. The van der Waals surface area contributed by atoms with Gasteiger partial charge < -0.3 is 20.3 Å². The van der Waals surface area contributed by atoms with Crippen molar-refractivity contribution in [2.24, 2.45) is 5.73 Å². The van der Waals surface area contributed by atoms with E-state index >= 15 is 0 Å². The van der Waals surface area contributed by atoms with Crippen LogP contribution in [0.3, 0.4) is 0 Å². The van der Waals surface area contributed by atoms with Gasteiger partial charge in [-0.05, 0) is 61.0 Å². The topological polar surface area (TPSA) is 120 Å². The Balaban J connectivity index is 0.000000243. The van der Waals surface area contributed by atoms with Crippen LogP contribution < -0.4 is 10.5 Å². The van der Waals surface area contributed by atoms with Crippen LogP contribution in [0.25, 0.3) is 17.3 Å². The summed E-state index contributed by atoms with van der Waals surface area (Å²) in [6.45, 7) is 2.02. The number of amides is 1. The number of thioether (sulfide) groups is 1. The number of hydrogen-bond acceptors (Lipinski definition) is 7. The zero-order chi connectivity index (χ0) is 22.9. The largest absolute Gasteiger partial charge is 0.497 e. The summed E-state index contributed by atoms with van der Waals surface area (Å²) in [4.78, 5) is 11.0. The molecule has 3 N–H and O–H groups in total. The molecule has 0 saturated carbocycles. The number of furan rings is 1. The highest BCUT2D eigenvalue weighted by molar-refractivity contribution is 7.99. The van der Waals surface area contributed by atoms with Crippen LogP contribution in [-0.4, -0.2) is 39.7 Å². The molecule has 2 aromatic carbocycles. The molecule has 0 saturated heterocycles. The molecule has 0 radical (unpaired) electrons. The molecular weight excluding hydrogens is 426 g/mol. The minimum Gasteiger partial charge on any atom is -0.497 e. The first-order valence-corrected chi connectivity index (χ1v) is 10.6. The number of nitrogens with one attached hydrogen (secondary N) is 1. The SMILES string of the molecule is COc1ccc(C=N)cc1.Cc1ccc(-n2c(SCC(N)=O)nnc2-c2ccco2)cc1. The lowest BCUT2D eigenvalue weighted by Gasteiger charge is -2.09. The average molecular weight is 450 g/mol. The number of carbonyl (C=O) groups excluding carboxylic acids is 1. The van der Waals surface area contributed by atoms with Crippen LogP contribution in [-0.2, 0) is 4.79 Å². The maximum absolute atomic E-state index is 11.0. The molecule has 4 rings (SSSR count). The predicted molar refractivity (Wildman–Crippen MR) is 125 cm³/mol.